The van der Waals surface area contributed by atoms with Crippen molar-refractivity contribution in [3.8, 4) is 0 Å². The standard InChI is InChI=1S/C7H15NO3/c1-3-4-5-11-7(9)6-8-10-2/h8H,3-6H2,1-2H3. The van der Waals surface area contributed by atoms with Crippen LogP contribution in [0.15, 0.2) is 0 Å². The van der Waals surface area contributed by atoms with Crippen LogP contribution in [-0.2, 0) is 14.4 Å². The van der Waals surface area contributed by atoms with Crippen molar-refractivity contribution in [2.75, 3.05) is 20.3 Å². The maximum absolute atomic E-state index is 10.7. The molecule has 11 heavy (non-hydrogen) atoms. The lowest BCUT2D eigenvalue weighted by molar-refractivity contribution is -0.144. The van der Waals surface area contributed by atoms with E-state index in [0.717, 1.165) is 12.8 Å². The lowest BCUT2D eigenvalue weighted by atomic mass is 10.4. The first-order valence-electron chi connectivity index (χ1n) is 3.72. The molecular weight excluding hydrogens is 146 g/mol. The average Bonchev–Trinajstić information content (AvgIpc) is 2.01. The Balaban J connectivity index is 3.09. The summed E-state index contributed by atoms with van der Waals surface area (Å²) in [6, 6.07) is 0. The maximum Gasteiger partial charge on any atom is 0.322 e. The normalized spacial score (nSPS) is 9.64. The van der Waals surface area contributed by atoms with Gasteiger partial charge in [-0.3, -0.25) is 4.79 Å². The predicted octanol–water partition coefficient (Wildman–Crippen LogP) is 0.481. The highest BCUT2D eigenvalue weighted by Gasteiger charge is 1.99. The second-order valence-electron chi connectivity index (χ2n) is 2.10. The molecule has 0 aromatic rings. The number of nitrogens with one attached hydrogen (secondary N) is 1. The predicted molar refractivity (Wildman–Crippen MR) is 40.9 cm³/mol. The van der Waals surface area contributed by atoms with Crippen LogP contribution < -0.4 is 5.48 Å². The van der Waals surface area contributed by atoms with E-state index in [4.69, 9.17) is 4.74 Å². The van der Waals surface area contributed by atoms with E-state index in [-0.39, 0.29) is 12.5 Å². The second kappa shape index (κ2) is 7.50. The second-order valence-corrected chi connectivity index (χ2v) is 2.10. The monoisotopic (exact) mass is 161 g/mol. The van der Waals surface area contributed by atoms with E-state index in [1.54, 1.807) is 0 Å². The highest BCUT2D eigenvalue weighted by Crippen LogP contribution is 1.87. The molecule has 0 spiro atoms. The van der Waals surface area contributed by atoms with Gasteiger partial charge in [-0.05, 0) is 6.42 Å². The summed E-state index contributed by atoms with van der Waals surface area (Å²) in [5, 5.41) is 0. The molecule has 0 saturated heterocycles. The lowest BCUT2D eigenvalue weighted by Crippen LogP contribution is -2.23. The minimum absolute atomic E-state index is 0.111. The van der Waals surface area contributed by atoms with Gasteiger partial charge in [0.15, 0.2) is 0 Å². The SMILES string of the molecule is CCCCOC(=O)CNOC. The van der Waals surface area contributed by atoms with E-state index >= 15 is 0 Å². The number of carbonyl (C=O) groups is 1. The minimum Gasteiger partial charge on any atom is -0.465 e. The third-order valence-corrected chi connectivity index (χ3v) is 1.12. The van der Waals surface area contributed by atoms with Gasteiger partial charge in [-0.15, -0.1) is 0 Å². The molecule has 0 aliphatic rings. The molecule has 66 valence electrons. The van der Waals surface area contributed by atoms with E-state index in [1.807, 2.05) is 6.92 Å². The molecule has 0 aromatic heterocycles. The highest BCUT2D eigenvalue weighted by molar-refractivity contribution is 5.71. The van der Waals surface area contributed by atoms with Crippen molar-refractivity contribution < 1.29 is 14.4 Å². The molecule has 0 bridgehead atoms. The van der Waals surface area contributed by atoms with Gasteiger partial charge >= 0.3 is 5.97 Å². The van der Waals surface area contributed by atoms with Gasteiger partial charge < -0.3 is 9.57 Å². The average molecular weight is 161 g/mol. The highest BCUT2D eigenvalue weighted by atomic mass is 16.6. The van der Waals surface area contributed by atoms with Crippen LogP contribution in [-0.4, -0.2) is 26.2 Å². The molecule has 0 atom stereocenters. The molecule has 0 aliphatic carbocycles. The van der Waals surface area contributed by atoms with E-state index in [1.165, 1.54) is 7.11 Å². The fourth-order valence-corrected chi connectivity index (χ4v) is 0.512. The summed E-state index contributed by atoms with van der Waals surface area (Å²) in [5.41, 5.74) is 2.40. The van der Waals surface area contributed by atoms with Gasteiger partial charge in [0, 0.05) is 0 Å². The molecule has 4 heteroatoms. The molecule has 0 aromatic carbocycles. The van der Waals surface area contributed by atoms with Crippen molar-refractivity contribution in [1.82, 2.24) is 5.48 Å². The molecule has 0 radical (unpaired) electrons. The van der Waals surface area contributed by atoms with Gasteiger partial charge in [-0.1, -0.05) is 13.3 Å². The molecule has 0 saturated carbocycles. The Hall–Kier alpha value is -0.610. The number of hydrogen-bond donors (Lipinski definition) is 1. The molecule has 0 unspecified atom stereocenters. The Morgan fingerprint density at radius 1 is 1.55 bits per heavy atom. The van der Waals surface area contributed by atoms with Crippen LogP contribution in [0, 0.1) is 0 Å². The van der Waals surface area contributed by atoms with Crippen LogP contribution in [0.2, 0.25) is 0 Å². The van der Waals surface area contributed by atoms with Crippen molar-refractivity contribution in [2.45, 2.75) is 19.8 Å². The molecule has 0 fully saturated rings. The molecular formula is C7H15NO3. The summed E-state index contributed by atoms with van der Waals surface area (Å²) in [5.74, 6) is -0.277. The largest absolute Gasteiger partial charge is 0.465 e. The Kier molecular flexibility index (Phi) is 7.08. The molecule has 1 N–H and O–H groups in total. The van der Waals surface area contributed by atoms with Gasteiger partial charge in [0.2, 0.25) is 0 Å². The summed E-state index contributed by atoms with van der Waals surface area (Å²) >= 11 is 0. The third-order valence-electron chi connectivity index (χ3n) is 1.12. The maximum atomic E-state index is 10.7. The fraction of sp³-hybridized carbons (Fsp3) is 0.857. The first-order valence-corrected chi connectivity index (χ1v) is 3.72. The van der Waals surface area contributed by atoms with Crippen molar-refractivity contribution >= 4 is 5.97 Å². The van der Waals surface area contributed by atoms with Crippen molar-refractivity contribution in [2.24, 2.45) is 0 Å². The van der Waals surface area contributed by atoms with E-state index in [0.29, 0.717) is 6.61 Å². The zero-order chi connectivity index (χ0) is 8.53. The number of hydrogen-bond acceptors (Lipinski definition) is 4. The lowest BCUT2D eigenvalue weighted by Gasteiger charge is -2.02. The first kappa shape index (κ1) is 10.4. The number of hydroxylamine groups is 1. The van der Waals surface area contributed by atoms with Gasteiger partial charge in [0.05, 0.1) is 13.7 Å². The van der Waals surface area contributed by atoms with Crippen LogP contribution >= 0.6 is 0 Å². The fourth-order valence-electron chi connectivity index (χ4n) is 0.512. The van der Waals surface area contributed by atoms with Gasteiger partial charge in [0.25, 0.3) is 0 Å². The zero-order valence-electron chi connectivity index (χ0n) is 7.05. The summed E-state index contributed by atoms with van der Waals surface area (Å²) in [7, 11) is 1.46. The Labute approximate surface area is 66.8 Å². The number of carbonyl (C=O) groups excluding carboxylic acids is 1. The van der Waals surface area contributed by atoms with Crippen LogP contribution in [0.3, 0.4) is 0 Å². The summed E-state index contributed by atoms with van der Waals surface area (Å²) in [6.45, 7) is 2.65. The molecule has 0 heterocycles. The van der Waals surface area contributed by atoms with Crippen molar-refractivity contribution in [3.05, 3.63) is 0 Å². The smallest absolute Gasteiger partial charge is 0.322 e. The molecule has 0 amide bonds. The van der Waals surface area contributed by atoms with Gasteiger partial charge in [0.1, 0.15) is 6.54 Å². The zero-order valence-corrected chi connectivity index (χ0v) is 7.05. The van der Waals surface area contributed by atoms with E-state index in [2.05, 4.69) is 10.3 Å². The van der Waals surface area contributed by atoms with Crippen LogP contribution in [0.1, 0.15) is 19.8 Å². The minimum atomic E-state index is -0.277. The van der Waals surface area contributed by atoms with E-state index in [9.17, 15) is 4.79 Å². The Bertz CT molecular complexity index is 106. The number of unbranched alkanes of at least 4 members (excludes halogenated alkanes) is 1. The number of ether oxygens (including phenoxy) is 1. The van der Waals surface area contributed by atoms with Crippen LogP contribution in [0.25, 0.3) is 0 Å². The van der Waals surface area contributed by atoms with Crippen LogP contribution in [0.4, 0.5) is 0 Å². The number of esters is 1. The quantitative estimate of drug-likeness (QED) is 0.349. The van der Waals surface area contributed by atoms with Gasteiger partial charge in [-0.25, -0.2) is 0 Å². The Morgan fingerprint density at radius 2 is 2.27 bits per heavy atom. The Morgan fingerprint density at radius 3 is 2.82 bits per heavy atom. The molecule has 0 aliphatic heterocycles. The van der Waals surface area contributed by atoms with Crippen molar-refractivity contribution in [1.29, 1.82) is 0 Å². The van der Waals surface area contributed by atoms with Gasteiger partial charge in [-0.2, -0.15) is 5.48 Å². The topological polar surface area (TPSA) is 47.6 Å². The summed E-state index contributed by atoms with van der Waals surface area (Å²) < 4.78 is 4.80. The number of rotatable bonds is 6. The third kappa shape index (κ3) is 7.29. The van der Waals surface area contributed by atoms with Crippen LogP contribution in [0.5, 0.6) is 0 Å². The molecule has 4 nitrogen and oxygen atoms in total. The first-order chi connectivity index (χ1) is 5.31. The van der Waals surface area contributed by atoms with E-state index < -0.39 is 0 Å². The van der Waals surface area contributed by atoms with Crippen molar-refractivity contribution in [3.63, 3.8) is 0 Å². The summed E-state index contributed by atoms with van der Waals surface area (Å²) in [6.07, 6.45) is 1.95. The molecule has 0 rings (SSSR count). The summed E-state index contributed by atoms with van der Waals surface area (Å²) in [4.78, 5) is 15.2.